The van der Waals surface area contributed by atoms with Crippen molar-refractivity contribution >= 4 is 37.8 Å². The van der Waals surface area contributed by atoms with Gasteiger partial charge in [0.05, 0.1) is 58.0 Å². The second kappa shape index (κ2) is 9.94. The Morgan fingerprint density at radius 2 is 1.78 bits per heavy atom. The summed E-state index contributed by atoms with van der Waals surface area (Å²) < 4.78 is 53.2. The lowest BCUT2D eigenvalue weighted by Crippen LogP contribution is -2.19. The van der Waals surface area contributed by atoms with Crippen molar-refractivity contribution in [2.45, 2.75) is 36.6 Å². The van der Waals surface area contributed by atoms with Crippen LogP contribution >= 0.6 is 0 Å². The first kappa shape index (κ1) is 26.3. The number of aromatic carboxylic acids is 1. The molecule has 0 aliphatic carbocycles. The highest BCUT2D eigenvalue weighted by molar-refractivity contribution is 7.91. The van der Waals surface area contributed by atoms with Crippen molar-refractivity contribution in [2.75, 3.05) is 14.2 Å². The van der Waals surface area contributed by atoms with Crippen molar-refractivity contribution < 1.29 is 32.0 Å². The molecule has 1 unspecified atom stereocenters. The van der Waals surface area contributed by atoms with E-state index in [4.69, 9.17) is 9.47 Å². The molecule has 0 radical (unpaired) electrons. The Morgan fingerprint density at radius 1 is 1.05 bits per heavy atom. The normalized spacial score (nSPS) is 12.5. The van der Waals surface area contributed by atoms with Gasteiger partial charge in [-0.1, -0.05) is 6.07 Å². The molecule has 0 saturated carbocycles. The van der Waals surface area contributed by atoms with Gasteiger partial charge in [0, 0.05) is 23.4 Å². The van der Waals surface area contributed by atoms with Crippen LogP contribution in [0.2, 0.25) is 0 Å². The van der Waals surface area contributed by atoms with Gasteiger partial charge in [-0.15, -0.1) is 0 Å². The highest BCUT2D eigenvalue weighted by Gasteiger charge is 2.30. The van der Waals surface area contributed by atoms with Crippen LogP contribution in [0, 0.1) is 20.8 Å². The average Bonchev–Trinajstić information content (AvgIpc) is 3.25. The van der Waals surface area contributed by atoms with Gasteiger partial charge in [0.2, 0.25) is 5.16 Å². The van der Waals surface area contributed by atoms with E-state index in [0.717, 1.165) is 15.6 Å². The van der Waals surface area contributed by atoms with Gasteiger partial charge in [0.15, 0.2) is 0 Å². The topological polar surface area (TPSA) is 138 Å². The van der Waals surface area contributed by atoms with Gasteiger partial charge in [-0.3, -0.25) is 9.19 Å². The van der Waals surface area contributed by atoms with Crippen LogP contribution in [0.4, 0.5) is 0 Å². The number of pyridine rings is 1. The number of ether oxygens (including phenoxy) is 2. The van der Waals surface area contributed by atoms with Gasteiger partial charge in [-0.2, -0.15) is 0 Å². The van der Waals surface area contributed by atoms with Crippen LogP contribution < -0.4 is 9.47 Å². The summed E-state index contributed by atoms with van der Waals surface area (Å²) >= 11 is 0. The summed E-state index contributed by atoms with van der Waals surface area (Å²) in [5.74, 6) is -0.340. The Kier molecular flexibility index (Phi) is 7.07. The molecule has 0 bridgehead atoms. The second-order valence-electron chi connectivity index (χ2n) is 8.34. The molecule has 10 nitrogen and oxygen atoms in total. The third-order valence-electron chi connectivity index (χ3n) is 5.97. The first-order chi connectivity index (χ1) is 17.5. The van der Waals surface area contributed by atoms with Crippen LogP contribution in [0.15, 0.2) is 52.6 Å². The Hall–Kier alpha value is -3.77. The third-order valence-corrected chi connectivity index (χ3v) is 9.14. The first-order valence-corrected chi connectivity index (χ1v) is 13.8. The highest BCUT2D eigenvalue weighted by atomic mass is 32.2. The van der Waals surface area contributed by atoms with Crippen molar-refractivity contribution in [1.29, 1.82) is 0 Å². The molecule has 4 aromatic rings. The minimum Gasteiger partial charge on any atom is -0.497 e. The summed E-state index contributed by atoms with van der Waals surface area (Å²) in [7, 11) is -3.38. The molecule has 1 atom stereocenters. The standard InChI is InChI=1S/C25H25N3O7S2/c1-14-6-7-17(24(29)30)10-22(14)37(32,33)28-21-9-8-18(34-4)11-19(21)27-25(28)36(31)13-20-16(3)23(35-5)15(2)12-26-20/h6-12H,13H2,1-5H3,(H,29,30). The monoisotopic (exact) mass is 543 g/mol. The van der Waals surface area contributed by atoms with Gasteiger partial charge in [0.25, 0.3) is 10.0 Å². The summed E-state index contributed by atoms with van der Waals surface area (Å²) in [6.07, 6.45) is 1.60. The fourth-order valence-electron chi connectivity index (χ4n) is 4.03. The summed E-state index contributed by atoms with van der Waals surface area (Å²) in [6, 6.07) is 8.45. The van der Waals surface area contributed by atoms with Gasteiger partial charge in [-0.05, 0) is 50.6 Å². The van der Waals surface area contributed by atoms with E-state index in [2.05, 4.69) is 9.97 Å². The summed E-state index contributed by atoms with van der Waals surface area (Å²) in [5, 5.41) is 9.21. The fraction of sp³-hybridized carbons (Fsp3) is 0.240. The van der Waals surface area contributed by atoms with Crippen LogP contribution in [0.1, 0.15) is 32.7 Å². The van der Waals surface area contributed by atoms with Crippen molar-refractivity contribution in [2.24, 2.45) is 0 Å². The number of carboxylic acid groups (broad SMARTS) is 1. The van der Waals surface area contributed by atoms with E-state index in [0.29, 0.717) is 28.3 Å². The van der Waals surface area contributed by atoms with Crippen LogP contribution in [0.5, 0.6) is 11.5 Å². The lowest BCUT2D eigenvalue weighted by atomic mass is 10.1. The second-order valence-corrected chi connectivity index (χ2v) is 11.4. The van der Waals surface area contributed by atoms with Crippen LogP contribution in [-0.2, 0) is 26.6 Å². The Bertz CT molecular complexity index is 1680. The van der Waals surface area contributed by atoms with Gasteiger partial charge in [-0.25, -0.2) is 22.2 Å². The number of rotatable bonds is 8. The van der Waals surface area contributed by atoms with E-state index >= 15 is 0 Å². The Labute approximate surface area is 216 Å². The SMILES string of the molecule is COc1ccc2c(c1)nc(S(=O)Cc1ncc(C)c(OC)c1C)n2S(=O)(=O)c1cc(C(=O)O)ccc1C. The van der Waals surface area contributed by atoms with Crippen molar-refractivity contribution in [1.82, 2.24) is 13.9 Å². The van der Waals surface area contributed by atoms with E-state index in [-0.39, 0.29) is 32.4 Å². The molecule has 194 valence electrons. The number of methoxy groups -OCH3 is 2. The molecule has 1 N–H and O–H groups in total. The lowest BCUT2D eigenvalue weighted by Gasteiger charge is -2.14. The Morgan fingerprint density at radius 3 is 2.43 bits per heavy atom. The molecule has 0 spiro atoms. The number of hydrogen-bond acceptors (Lipinski definition) is 8. The number of fused-ring (bicyclic) bond motifs is 1. The minimum atomic E-state index is -4.41. The number of carboxylic acids is 1. The van der Waals surface area contributed by atoms with E-state index in [1.165, 1.54) is 32.4 Å². The molecule has 0 aliphatic rings. The van der Waals surface area contributed by atoms with Gasteiger partial charge < -0.3 is 14.6 Å². The largest absolute Gasteiger partial charge is 0.497 e. The molecule has 2 heterocycles. The maximum atomic E-state index is 14.0. The van der Waals surface area contributed by atoms with Gasteiger partial charge in [0.1, 0.15) is 11.5 Å². The molecule has 0 saturated heterocycles. The summed E-state index contributed by atoms with van der Waals surface area (Å²) in [4.78, 5) is 20.1. The van der Waals surface area contributed by atoms with E-state index in [1.54, 1.807) is 32.2 Å². The van der Waals surface area contributed by atoms with Crippen molar-refractivity contribution in [3.05, 3.63) is 70.5 Å². The number of nitrogens with zero attached hydrogens (tertiary/aromatic N) is 3. The molecule has 2 aromatic carbocycles. The van der Waals surface area contributed by atoms with E-state index in [9.17, 15) is 22.5 Å². The molecule has 12 heteroatoms. The number of benzene rings is 2. The number of aryl methyl sites for hydroxylation is 2. The highest BCUT2D eigenvalue weighted by Crippen LogP contribution is 2.31. The molecule has 0 aliphatic heterocycles. The lowest BCUT2D eigenvalue weighted by molar-refractivity contribution is 0.0696. The zero-order valence-corrected chi connectivity index (χ0v) is 22.4. The zero-order valence-electron chi connectivity index (χ0n) is 20.8. The van der Waals surface area contributed by atoms with Crippen LogP contribution in [0.3, 0.4) is 0 Å². The quantitative estimate of drug-likeness (QED) is 0.353. The summed E-state index contributed by atoms with van der Waals surface area (Å²) in [6.45, 7) is 5.19. The zero-order chi connectivity index (χ0) is 27.1. The van der Waals surface area contributed by atoms with Crippen molar-refractivity contribution in [3.63, 3.8) is 0 Å². The third kappa shape index (κ3) is 4.69. The predicted molar refractivity (Wildman–Crippen MR) is 137 cm³/mol. The van der Waals surface area contributed by atoms with E-state index < -0.39 is 26.8 Å². The fourth-order valence-corrected chi connectivity index (χ4v) is 7.34. The smallest absolute Gasteiger partial charge is 0.335 e. The molecular weight excluding hydrogens is 518 g/mol. The maximum absolute atomic E-state index is 14.0. The molecule has 0 amide bonds. The minimum absolute atomic E-state index is 0.118. The molecule has 2 aromatic heterocycles. The molecule has 37 heavy (non-hydrogen) atoms. The number of carbonyl (C=O) groups is 1. The molecule has 0 fully saturated rings. The average molecular weight is 544 g/mol. The van der Waals surface area contributed by atoms with Crippen molar-refractivity contribution in [3.8, 4) is 11.5 Å². The predicted octanol–water partition coefficient (Wildman–Crippen LogP) is 3.62. The molecule has 4 rings (SSSR count). The number of hydrogen-bond donors (Lipinski definition) is 1. The summed E-state index contributed by atoms with van der Waals surface area (Å²) in [5.41, 5.74) is 2.54. The van der Waals surface area contributed by atoms with Gasteiger partial charge >= 0.3 is 5.97 Å². The maximum Gasteiger partial charge on any atom is 0.335 e. The Balaban J connectivity index is 1.94. The van der Waals surface area contributed by atoms with Crippen LogP contribution in [-0.4, -0.2) is 51.9 Å². The number of imidazole rings is 1. The molecular formula is C25H25N3O7S2. The van der Waals surface area contributed by atoms with Crippen LogP contribution in [0.25, 0.3) is 11.0 Å². The number of aromatic nitrogens is 3. The first-order valence-electron chi connectivity index (χ1n) is 11.0. The van der Waals surface area contributed by atoms with E-state index in [1.807, 2.05) is 6.92 Å².